The normalized spacial score (nSPS) is 19.7. The maximum atomic E-state index is 11.9. The molecule has 2 atom stereocenters. The summed E-state index contributed by atoms with van der Waals surface area (Å²) in [5, 5.41) is 7.56. The van der Waals surface area contributed by atoms with E-state index in [4.69, 9.17) is 0 Å². The van der Waals surface area contributed by atoms with E-state index in [1.807, 2.05) is 24.3 Å². The van der Waals surface area contributed by atoms with Crippen LogP contribution in [0.2, 0.25) is 0 Å². The van der Waals surface area contributed by atoms with Crippen LogP contribution >= 0.6 is 0 Å². The number of nitrogens with one attached hydrogen (secondary N) is 2. The Morgan fingerprint density at radius 1 is 1.35 bits per heavy atom. The van der Waals surface area contributed by atoms with E-state index in [1.165, 1.54) is 12.5 Å². The molecule has 1 amide bonds. The summed E-state index contributed by atoms with van der Waals surface area (Å²) in [6.45, 7) is 2.07. The number of benzene rings is 1. The van der Waals surface area contributed by atoms with Gasteiger partial charge < -0.3 is 10.3 Å². The summed E-state index contributed by atoms with van der Waals surface area (Å²) in [4.78, 5) is 30.3. The molecule has 2 N–H and O–H groups in total. The summed E-state index contributed by atoms with van der Waals surface area (Å²) in [6, 6.07) is 7.31. The molecule has 0 bridgehead atoms. The maximum Gasteiger partial charge on any atom is 0.261 e. The summed E-state index contributed by atoms with van der Waals surface area (Å²) in [6.07, 6.45) is 3.81. The van der Waals surface area contributed by atoms with Gasteiger partial charge in [-0.1, -0.05) is 6.92 Å². The maximum absolute atomic E-state index is 11.9. The molecule has 116 valence electrons. The van der Waals surface area contributed by atoms with Crippen LogP contribution in [0.3, 0.4) is 0 Å². The van der Waals surface area contributed by atoms with Gasteiger partial charge in [-0.3, -0.25) is 9.59 Å². The number of amides is 1. The van der Waals surface area contributed by atoms with Gasteiger partial charge in [0.1, 0.15) is 5.39 Å². The number of aromatic amines is 1. The lowest BCUT2D eigenvalue weighted by molar-refractivity contribution is -0.117. The summed E-state index contributed by atoms with van der Waals surface area (Å²) in [7, 11) is 0. The Morgan fingerprint density at radius 3 is 2.78 bits per heavy atom. The van der Waals surface area contributed by atoms with E-state index in [1.54, 1.807) is 4.68 Å². The van der Waals surface area contributed by atoms with E-state index >= 15 is 0 Å². The fourth-order valence-electron chi connectivity index (χ4n) is 2.65. The van der Waals surface area contributed by atoms with E-state index < -0.39 is 0 Å². The van der Waals surface area contributed by atoms with Crippen molar-refractivity contribution in [3.8, 4) is 5.69 Å². The minimum atomic E-state index is -0.219. The molecule has 1 saturated carbocycles. The van der Waals surface area contributed by atoms with Gasteiger partial charge in [0.15, 0.2) is 5.65 Å². The fourth-order valence-corrected chi connectivity index (χ4v) is 2.65. The Balaban J connectivity index is 1.61. The molecular formula is C16H15N5O2. The van der Waals surface area contributed by atoms with E-state index in [-0.39, 0.29) is 17.4 Å². The number of H-pyrrole nitrogens is 1. The van der Waals surface area contributed by atoms with Gasteiger partial charge in [-0.2, -0.15) is 5.10 Å². The van der Waals surface area contributed by atoms with E-state index in [0.29, 0.717) is 17.0 Å². The van der Waals surface area contributed by atoms with Crippen molar-refractivity contribution in [2.45, 2.75) is 13.3 Å². The van der Waals surface area contributed by atoms with Crippen molar-refractivity contribution in [3.63, 3.8) is 0 Å². The lowest BCUT2D eigenvalue weighted by atomic mass is 10.2. The highest BCUT2D eigenvalue weighted by Gasteiger charge is 2.39. The van der Waals surface area contributed by atoms with E-state index in [0.717, 1.165) is 17.8 Å². The van der Waals surface area contributed by atoms with Crippen LogP contribution in [0.1, 0.15) is 13.3 Å². The lowest BCUT2D eigenvalue weighted by Crippen LogP contribution is -2.14. The number of hydrogen-bond acceptors (Lipinski definition) is 4. The number of rotatable bonds is 3. The van der Waals surface area contributed by atoms with Crippen molar-refractivity contribution in [3.05, 3.63) is 47.1 Å². The molecule has 0 saturated heterocycles. The van der Waals surface area contributed by atoms with Crippen LogP contribution in [-0.4, -0.2) is 25.7 Å². The number of anilines is 1. The monoisotopic (exact) mass is 309 g/mol. The zero-order chi connectivity index (χ0) is 16.0. The molecule has 3 aromatic rings. The number of aromatic nitrogens is 4. The number of hydrogen-bond donors (Lipinski definition) is 2. The third-order valence-electron chi connectivity index (χ3n) is 4.20. The van der Waals surface area contributed by atoms with Crippen molar-refractivity contribution in [1.29, 1.82) is 0 Å². The second kappa shape index (κ2) is 5.05. The minimum absolute atomic E-state index is 0.0722. The van der Waals surface area contributed by atoms with Crippen LogP contribution in [0.4, 0.5) is 5.69 Å². The summed E-state index contributed by atoms with van der Waals surface area (Å²) in [5.41, 5.74) is 1.80. The fraction of sp³-hybridized carbons (Fsp3) is 0.250. The molecule has 1 fully saturated rings. The van der Waals surface area contributed by atoms with Crippen LogP contribution in [0.15, 0.2) is 41.6 Å². The first kappa shape index (κ1) is 13.7. The predicted octanol–water partition coefficient (Wildman–Crippen LogP) is 1.70. The molecule has 0 unspecified atom stereocenters. The molecule has 0 aliphatic heterocycles. The van der Waals surface area contributed by atoms with Crippen LogP contribution in [0, 0.1) is 11.8 Å². The summed E-state index contributed by atoms with van der Waals surface area (Å²) >= 11 is 0. The lowest BCUT2D eigenvalue weighted by Gasteiger charge is -2.07. The molecule has 1 aliphatic rings. The van der Waals surface area contributed by atoms with Gasteiger partial charge in [-0.05, 0) is 36.6 Å². The van der Waals surface area contributed by atoms with Crippen LogP contribution in [0.25, 0.3) is 16.7 Å². The van der Waals surface area contributed by atoms with Crippen LogP contribution in [-0.2, 0) is 4.79 Å². The Labute approximate surface area is 131 Å². The van der Waals surface area contributed by atoms with Gasteiger partial charge >= 0.3 is 0 Å². The molecule has 1 aliphatic carbocycles. The average molecular weight is 309 g/mol. The Kier molecular flexibility index (Phi) is 3.00. The average Bonchev–Trinajstić information content (AvgIpc) is 3.12. The van der Waals surface area contributed by atoms with Gasteiger partial charge in [0.25, 0.3) is 5.56 Å². The van der Waals surface area contributed by atoms with E-state index in [2.05, 4.69) is 27.3 Å². The topological polar surface area (TPSA) is 92.7 Å². The second-order valence-electron chi connectivity index (χ2n) is 5.88. The van der Waals surface area contributed by atoms with Crippen molar-refractivity contribution >= 4 is 22.6 Å². The molecule has 4 rings (SSSR count). The van der Waals surface area contributed by atoms with Crippen molar-refractivity contribution in [1.82, 2.24) is 19.7 Å². The Hall–Kier alpha value is -2.96. The minimum Gasteiger partial charge on any atom is -0.326 e. The summed E-state index contributed by atoms with van der Waals surface area (Å²) in [5.74, 6) is 0.692. The molecule has 2 aromatic heterocycles. The number of carbonyl (C=O) groups is 1. The SMILES string of the molecule is C[C@H]1C[C@@H]1C(=O)Nc1ccc(-n2ncc3c(=O)[nH]cnc32)cc1. The first-order valence-electron chi connectivity index (χ1n) is 7.46. The molecule has 7 nitrogen and oxygen atoms in total. The highest BCUT2D eigenvalue weighted by atomic mass is 16.2. The summed E-state index contributed by atoms with van der Waals surface area (Å²) < 4.78 is 1.60. The molecule has 23 heavy (non-hydrogen) atoms. The standard InChI is InChI=1S/C16H15N5O2/c1-9-6-12(9)16(23)20-10-2-4-11(5-3-10)21-14-13(7-19-21)15(22)18-8-17-14/h2-5,7-9,12H,6H2,1H3,(H,20,23)(H,17,18,22)/t9-,12-/m0/s1. The Bertz CT molecular complexity index is 941. The van der Waals surface area contributed by atoms with Crippen LogP contribution in [0.5, 0.6) is 0 Å². The van der Waals surface area contributed by atoms with Gasteiger partial charge in [-0.15, -0.1) is 0 Å². The van der Waals surface area contributed by atoms with Gasteiger partial charge in [-0.25, -0.2) is 9.67 Å². The quantitative estimate of drug-likeness (QED) is 0.770. The van der Waals surface area contributed by atoms with Crippen molar-refractivity contribution in [2.75, 3.05) is 5.32 Å². The highest BCUT2D eigenvalue weighted by molar-refractivity contribution is 5.94. The number of carbonyl (C=O) groups excluding carboxylic acids is 1. The molecule has 0 spiro atoms. The zero-order valence-corrected chi connectivity index (χ0v) is 12.5. The molecule has 1 aromatic carbocycles. The Morgan fingerprint density at radius 2 is 2.09 bits per heavy atom. The van der Waals surface area contributed by atoms with Gasteiger partial charge in [0.05, 0.1) is 18.2 Å². The van der Waals surface area contributed by atoms with E-state index in [9.17, 15) is 9.59 Å². The number of nitrogens with zero attached hydrogens (tertiary/aromatic N) is 3. The molecule has 7 heteroatoms. The number of fused-ring (bicyclic) bond motifs is 1. The molecule has 0 radical (unpaired) electrons. The smallest absolute Gasteiger partial charge is 0.261 e. The third kappa shape index (κ3) is 2.40. The van der Waals surface area contributed by atoms with Crippen molar-refractivity contribution < 1.29 is 4.79 Å². The van der Waals surface area contributed by atoms with Crippen LogP contribution < -0.4 is 10.9 Å². The molecular weight excluding hydrogens is 294 g/mol. The largest absolute Gasteiger partial charge is 0.326 e. The molecule has 2 heterocycles. The third-order valence-corrected chi connectivity index (χ3v) is 4.20. The highest BCUT2D eigenvalue weighted by Crippen LogP contribution is 2.38. The zero-order valence-electron chi connectivity index (χ0n) is 12.5. The first-order valence-corrected chi connectivity index (χ1v) is 7.46. The first-order chi connectivity index (χ1) is 11.1. The van der Waals surface area contributed by atoms with Crippen molar-refractivity contribution in [2.24, 2.45) is 11.8 Å². The predicted molar refractivity (Wildman–Crippen MR) is 85.4 cm³/mol. The van der Waals surface area contributed by atoms with Gasteiger partial charge in [0, 0.05) is 11.6 Å². The van der Waals surface area contributed by atoms with Gasteiger partial charge in [0.2, 0.25) is 5.91 Å². The second-order valence-corrected chi connectivity index (χ2v) is 5.88.